The number of halogens is 1. The summed E-state index contributed by atoms with van der Waals surface area (Å²) >= 11 is 6.35. The Balaban J connectivity index is 1.87. The number of H-pyrrole nitrogens is 1. The molecule has 3 nitrogen and oxygen atoms in total. The molecule has 0 saturated carbocycles. The summed E-state index contributed by atoms with van der Waals surface area (Å²) in [6.07, 6.45) is 4.03. The number of aromatic amines is 1. The van der Waals surface area contributed by atoms with Crippen LogP contribution in [-0.2, 0) is 0 Å². The second-order valence-corrected chi connectivity index (χ2v) is 5.07. The number of nitrogens with zero attached hydrogens (tertiary/aromatic N) is 1. The molecule has 0 aromatic carbocycles. The molecular weight excluding hydrogens is 224 g/mol. The van der Waals surface area contributed by atoms with Crippen LogP contribution in [0.3, 0.4) is 0 Å². The fraction of sp³-hybridized carbons (Fsp3) is 0.667. The molecular formula is C12H19ClN2O. The van der Waals surface area contributed by atoms with Crippen molar-refractivity contribution in [3.8, 4) is 5.88 Å². The molecule has 0 bridgehead atoms. The van der Waals surface area contributed by atoms with Crippen molar-refractivity contribution in [2.45, 2.75) is 44.3 Å². The SMILES string of the molecule is CC(C)N1CCC(Oc2ccc[nH]2)CC1Cl. The number of likely N-dealkylation sites (tertiary alicyclic amines) is 1. The van der Waals surface area contributed by atoms with Gasteiger partial charge in [0.05, 0.1) is 5.50 Å². The summed E-state index contributed by atoms with van der Waals surface area (Å²) < 4.78 is 5.83. The van der Waals surface area contributed by atoms with E-state index in [-0.39, 0.29) is 11.6 Å². The van der Waals surface area contributed by atoms with Gasteiger partial charge in [-0.15, -0.1) is 11.6 Å². The quantitative estimate of drug-likeness (QED) is 0.652. The molecule has 2 atom stereocenters. The van der Waals surface area contributed by atoms with E-state index in [1.165, 1.54) is 0 Å². The van der Waals surface area contributed by atoms with Gasteiger partial charge in [0, 0.05) is 25.2 Å². The van der Waals surface area contributed by atoms with E-state index in [9.17, 15) is 0 Å². The molecule has 1 aliphatic heterocycles. The normalized spacial score (nSPS) is 27.2. The lowest BCUT2D eigenvalue weighted by atomic mass is 10.1. The van der Waals surface area contributed by atoms with Gasteiger partial charge in [0.15, 0.2) is 5.88 Å². The van der Waals surface area contributed by atoms with Crippen LogP contribution in [0, 0.1) is 0 Å². The zero-order valence-electron chi connectivity index (χ0n) is 9.82. The number of nitrogens with one attached hydrogen (secondary N) is 1. The minimum Gasteiger partial charge on any atom is -0.475 e. The van der Waals surface area contributed by atoms with Crippen molar-refractivity contribution < 1.29 is 4.74 Å². The predicted octanol–water partition coefficient (Wildman–Crippen LogP) is 2.83. The van der Waals surface area contributed by atoms with Gasteiger partial charge in [-0.3, -0.25) is 4.90 Å². The Morgan fingerprint density at radius 1 is 1.56 bits per heavy atom. The first-order valence-electron chi connectivity index (χ1n) is 5.86. The molecule has 4 heteroatoms. The summed E-state index contributed by atoms with van der Waals surface area (Å²) in [6.45, 7) is 5.38. The third kappa shape index (κ3) is 2.71. The maximum Gasteiger partial charge on any atom is 0.190 e. The number of ether oxygens (including phenoxy) is 1. The highest BCUT2D eigenvalue weighted by atomic mass is 35.5. The Kier molecular flexibility index (Phi) is 3.77. The van der Waals surface area contributed by atoms with Gasteiger partial charge in [0.25, 0.3) is 0 Å². The first-order valence-corrected chi connectivity index (χ1v) is 6.30. The zero-order valence-corrected chi connectivity index (χ0v) is 10.6. The molecule has 2 rings (SSSR count). The molecule has 0 aliphatic carbocycles. The average Bonchev–Trinajstić information content (AvgIpc) is 2.70. The van der Waals surface area contributed by atoms with Gasteiger partial charge in [-0.1, -0.05) is 0 Å². The van der Waals surface area contributed by atoms with Gasteiger partial charge >= 0.3 is 0 Å². The minimum atomic E-state index is 0.0914. The van der Waals surface area contributed by atoms with E-state index in [0.717, 1.165) is 25.3 Å². The molecule has 2 unspecified atom stereocenters. The van der Waals surface area contributed by atoms with Crippen molar-refractivity contribution in [2.75, 3.05) is 6.54 Å². The molecule has 1 aromatic heterocycles. The van der Waals surface area contributed by atoms with Gasteiger partial charge in [0.2, 0.25) is 0 Å². The van der Waals surface area contributed by atoms with Gasteiger partial charge in [-0.25, -0.2) is 0 Å². The van der Waals surface area contributed by atoms with Crippen LogP contribution in [0.2, 0.25) is 0 Å². The predicted molar refractivity (Wildman–Crippen MR) is 65.9 cm³/mol. The van der Waals surface area contributed by atoms with Crippen LogP contribution in [0.25, 0.3) is 0 Å². The number of aromatic nitrogens is 1. The summed E-state index contributed by atoms with van der Waals surface area (Å²) in [5.74, 6) is 0.840. The van der Waals surface area contributed by atoms with Gasteiger partial charge in [-0.2, -0.15) is 0 Å². The third-order valence-corrected chi connectivity index (χ3v) is 3.48. The molecule has 1 aliphatic rings. The maximum absolute atomic E-state index is 6.35. The Hall–Kier alpha value is -0.670. The topological polar surface area (TPSA) is 28.3 Å². The first-order chi connectivity index (χ1) is 7.66. The lowest BCUT2D eigenvalue weighted by Gasteiger charge is -2.38. The fourth-order valence-electron chi connectivity index (χ4n) is 2.16. The molecule has 2 heterocycles. The van der Waals surface area contributed by atoms with Crippen LogP contribution in [0.15, 0.2) is 18.3 Å². The van der Waals surface area contributed by atoms with Gasteiger partial charge < -0.3 is 9.72 Å². The minimum absolute atomic E-state index is 0.0914. The molecule has 1 saturated heterocycles. The van der Waals surface area contributed by atoms with E-state index in [4.69, 9.17) is 16.3 Å². The molecule has 16 heavy (non-hydrogen) atoms. The smallest absolute Gasteiger partial charge is 0.190 e. The van der Waals surface area contributed by atoms with Gasteiger partial charge in [0.1, 0.15) is 6.10 Å². The van der Waals surface area contributed by atoms with Crippen LogP contribution >= 0.6 is 11.6 Å². The number of hydrogen-bond acceptors (Lipinski definition) is 2. The number of piperidine rings is 1. The number of rotatable bonds is 3. The fourth-order valence-corrected chi connectivity index (χ4v) is 2.68. The molecule has 0 radical (unpaired) electrons. The highest BCUT2D eigenvalue weighted by Gasteiger charge is 2.29. The summed E-state index contributed by atoms with van der Waals surface area (Å²) in [5.41, 5.74) is 0.0914. The standard InChI is InChI=1S/C12H19ClN2O/c1-9(2)15-7-5-10(8-11(15)13)16-12-4-3-6-14-12/h3-4,6,9-11,14H,5,7-8H2,1-2H3. The van der Waals surface area contributed by atoms with Crippen LogP contribution in [0.1, 0.15) is 26.7 Å². The summed E-state index contributed by atoms with van der Waals surface area (Å²) in [4.78, 5) is 5.37. The Labute approximate surface area is 102 Å². The molecule has 1 N–H and O–H groups in total. The van der Waals surface area contributed by atoms with Crippen molar-refractivity contribution in [3.05, 3.63) is 18.3 Å². The summed E-state index contributed by atoms with van der Waals surface area (Å²) in [5, 5.41) is 0. The van der Waals surface area contributed by atoms with Crippen molar-refractivity contribution in [1.82, 2.24) is 9.88 Å². The lowest BCUT2D eigenvalue weighted by molar-refractivity contribution is 0.0663. The second kappa shape index (κ2) is 5.11. The first kappa shape index (κ1) is 11.8. The Morgan fingerprint density at radius 3 is 2.94 bits per heavy atom. The second-order valence-electron chi connectivity index (χ2n) is 4.56. The van der Waals surface area contributed by atoms with E-state index in [1.807, 2.05) is 18.3 Å². The number of hydrogen-bond donors (Lipinski definition) is 1. The zero-order chi connectivity index (χ0) is 11.5. The molecule has 1 fully saturated rings. The van der Waals surface area contributed by atoms with E-state index in [0.29, 0.717) is 6.04 Å². The average molecular weight is 243 g/mol. The van der Waals surface area contributed by atoms with E-state index < -0.39 is 0 Å². The van der Waals surface area contributed by atoms with Crippen molar-refractivity contribution >= 4 is 11.6 Å². The van der Waals surface area contributed by atoms with Crippen LogP contribution in [0.4, 0.5) is 0 Å². The highest BCUT2D eigenvalue weighted by molar-refractivity contribution is 6.20. The maximum atomic E-state index is 6.35. The van der Waals surface area contributed by atoms with E-state index >= 15 is 0 Å². The van der Waals surface area contributed by atoms with Crippen molar-refractivity contribution in [2.24, 2.45) is 0 Å². The van der Waals surface area contributed by atoms with Crippen LogP contribution in [-0.4, -0.2) is 34.1 Å². The monoisotopic (exact) mass is 242 g/mol. The largest absolute Gasteiger partial charge is 0.475 e. The Bertz CT molecular complexity index is 313. The molecule has 0 amide bonds. The summed E-state index contributed by atoms with van der Waals surface area (Å²) in [7, 11) is 0. The van der Waals surface area contributed by atoms with Crippen LogP contribution in [0.5, 0.6) is 5.88 Å². The number of alkyl halides is 1. The third-order valence-electron chi connectivity index (χ3n) is 3.05. The van der Waals surface area contributed by atoms with Gasteiger partial charge in [-0.05, 0) is 32.4 Å². The van der Waals surface area contributed by atoms with E-state index in [1.54, 1.807) is 0 Å². The Morgan fingerprint density at radius 2 is 2.38 bits per heavy atom. The lowest BCUT2D eigenvalue weighted by Crippen LogP contribution is -2.46. The molecule has 0 spiro atoms. The van der Waals surface area contributed by atoms with Crippen molar-refractivity contribution in [1.29, 1.82) is 0 Å². The van der Waals surface area contributed by atoms with E-state index in [2.05, 4.69) is 23.7 Å². The molecule has 1 aromatic rings. The molecule has 90 valence electrons. The van der Waals surface area contributed by atoms with Crippen molar-refractivity contribution in [3.63, 3.8) is 0 Å². The summed E-state index contributed by atoms with van der Waals surface area (Å²) in [6, 6.07) is 4.39. The van der Waals surface area contributed by atoms with Crippen LogP contribution < -0.4 is 4.74 Å². The highest BCUT2D eigenvalue weighted by Crippen LogP contribution is 2.25.